The topological polar surface area (TPSA) is 56.2 Å². The minimum Gasteiger partial charge on any atom is -0.399 e. The Balaban J connectivity index is 2.89. The molecule has 6 heteroatoms. The fraction of sp³-hybridized carbons (Fsp3) is 0. The third-order valence-corrected chi connectivity index (χ3v) is 2.42. The van der Waals surface area contributed by atoms with E-state index in [9.17, 15) is 0 Å². The number of hydrogen-bond donors (Lipinski definition) is 1. The van der Waals surface area contributed by atoms with E-state index in [0.717, 1.165) is 10.9 Å². The van der Waals surface area contributed by atoms with Gasteiger partial charge in [-0.15, -0.1) is 5.10 Å². The van der Waals surface area contributed by atoms with Crippen molar-refractivity contribution >= 4 is 40.8 Å². The Bertz CT molecular complexity index is 477. The normalized spacial score (nSPS) is 10.5. The molecular weight excluding hydrogens is 202 g/mol. The number of rotatable bonds is 1. The van der Waals surface area contributed by atoms with Crippen LogP contribution >= 0.6 is 18.4 Å². The third-order valence-electron chi connectivity index (χ3n) is 1.82. The predicted molar refractivity (Wildman–Crippen MR) is 59.7 cm³/mol. The molecule has 0 saturated heterocycles. The lowest BCUT2D eigenvalue weighted by atomic mass is 10.2. The molecule has 0 aliphatic heterocycles. The van der Waals surface area contributed by atoms with E-state index in [4.69, 9.17) is 5.73 Å². The first-order valence-corrected chi connectivity index (χ1v) is 4.59. The van der Waals surface area contributed by atoms with Gasteiger partial charge in [0.1, 0.15) is 0 Å². The quantitative estimate of drug-likeness (QED) is 0.579. The Morgan fingerprint density at radius 2 is 2.31 bits per heavy atom. The number of fused-ring (bicyclic) bond motifs is 1. The van der Waals surface area contributed by atoms with Crippen LogP contribution in [0.15, 0.2) is 22.9 Å². The average Bonchev–Trinajstić information content (AvgIpc) is 2.42. The molecule has 4 nitrogen and oxygen atoms in total. The molecule has 1 heterocycles. The summed E-state index contributed by atoms with van der Waals surface area (Å²) < 4.78 is 5.55. The zero-order chi connectivity index (χ0) is 9.42. The molecule has 0 spiro atoms. The number of hydrogen-bond acceptors (Lipinski definition) is 3. The molecule has 0 aliphatic carbocycles. The zero-order valence-electron chi connectivity index (χ0n) is 6.73. The van der Waals surface area contributed by atoms with E-state index in [0.29, 0.717) is 11.5 Å². The number of nitrogens with zero attached hydrogens (tertiary/aromatic N) is 3. The minimum absolute atomic E-state index is 0.633. The van der Waals surface area contributed by atoms with Gasteiger partial charge in [0.05, 0.1) is 5.52 Å². The highest BCUT2D eigenvalue weighted by Gasteiger charge is 2.06. The van der Waals surface area contributed by atoms with Gasteiger partial charge in [0.25, 0.3) is 0 Å². The van der Waals surface area contributed by atoms with E-state index >= 15 is 0 Å². The molecule has 0 radical (unpaired) electrons. The van der Waals surface area contributed by atoms with E-state index in [1.165, 1.54) is 0 Å². The van der Waals surface area contributed by atoms with Gasteiger partial charge >= 0.3 is 0 Å². The minimum atomic E-state index is 0.633. The van der Waals surface area contributed by atoms with Gasteiger partial charge in [0.2, 0.25) is 0 Å². The second kappa shape index (κ2) is 3.06. The first kappa shape index (κ1) is 8.61. The SMILES string of the molecule is Nc1ccc2c(c1)c(N=P)nn2P. The van der Waals surface area contributed by atoms with Crippen molar-refractivity contribution in [3.05, 3.63) is 18.2 Å². The number of anilines is 1. The van der Waals surface area contributed by atoms with Crippen LogP contribution in [0.4, 0.5) is 11.5 Å². The zero-order valence-corrected chi connectivity index (χ0v) is 8.88. The van der Waals surface area contributed by atoms with Crippen molar-refractivity contribution in [3.63, 3.8) is 0 Å². The second-order valence-corrected chi connectivity index (χ2v) is 3.37. The molecule has 66 valence electrons. The second-order valence-electron chi connectivity index (χ2n) is 2.66. The largest absolute Gasteiger partial charge is 0.399 e. The molecule has 0 aliphatic rings. The monoisotopic (exact) mass is 210 g/mol. The summed E-state index contributed by atoms with van der Waals surface area (Å²) in [5, 5.41) is 5.09. The van der Waals surface area contributed by atoms with Gasteiger partial charge in [-0.1, -0.05) is 0 Å². The molecule has 1 aromatic carbocycles. The molecule has 1 unspecified atom stereocenters. The number of aromatic nitrogens is 2. The van der Waals surface area contributed by atoms with Crippen molar-refractivity contribution in [2.75, 3.05) is 5.73 Å². The number of nitrogen functional groups attached to an aromatic ring is 1. The number of benzene rings is 1. The standard InChI is InChI=1S/C7H8N4P2/c8-4-1-2-6-5(3-4)7(10-12)9-11(6)13/h1-3,12H,8,13H2. The summed E-state index contributed by atoms with van der Waals surface area (Å²) >= 11 is 0. The highest BCUT2D eigenvalue weighted by molar-refractivity contribution is 7.14. The van der Waals surface area contributed by atoms with Crippen LogP contribution in [0.3, 0.4) is 0 Å². The van der Waals surface area contributed by atoms with Crippen LogP contribution in [0.2, 0.25) is 0 Å². The van der Waals surface area contributed by atoms with Gasteiger partial charge in [-0.2, -0.15) is 0 Å². The molecule has 2 rings (SSSR count). The van der Waals surface area contributed by atoms with Crippen LogP contribution < -0.4 is 5.73 Å². The summed E-state index contributed by atoms with van der Waals surface area (Å²) in [6, 6.07) is 5.59. The van der Waals surface area contributed by atoms with Gasteiger partial charge in [-0.25, -0.2) is 9.20 Å². The van der Waals surface area contributed by atoms with Crippen LogP contribution in [0.5, 0.6) is 0 Å². The molecule has 0 fully saturated rings. The fourth-order valence-corrected chi connectivity index (χ4v) is 1.72. The van der Waals surface area contributed by atoms with E-state index in [-0.39, 0.29) is 0 Å². The molecular formula is C7H8N4P2. The highest BCUT2D eigenvalue weighted by atomic mass is 31.0. The predicted octanol–water partition coefficient (Wildman–Crippen LogP) is 2.21. The molecule has 0 bridgehead atoms. The number of nitrogens with two attached hydrogens (primary N) is 1. The van der Waals surface area contributed by atoms with Crippen LogP contribution in [-0.2, 0) is 0 Å². The highest BCUT2D eigenvalue weighted by Crippen LogP contribution is 2.28. The molecule has 2 N–H and O–H groups in total. The van der Waals surface area contributed by atoms with Crippen LogP contribution in [0, 0.1) is 0 Å². The molecule has 0 saturated carbocycles. The van der Waals surface area contributed by atoms with E-state index in [1.807, 2.05) is 18.2 Å². The Hall–Kier alpha value is -0.980. The smallest absolute Gasteiger partial charge is 0.185 e. The van der Waals surface area contributed by atoms with Crippen LogP contribution in [-0.4, -0.2) is 9.55 Å². The molecule has 0 amide bonds. The van der Waals surface area contributed by atoms with Gasteiger partial charge in [0, 0.05) is 11.1 Å². The lowest BCUT2D eigenvalue weighted by molar-refractivity contribution is 1.04. The van der Waals surface area contributed by atoms with Crippen molar-refractivity contribution in [1.82, 2.24) is 9.55 Å². The Morgan fingerprint density at radius 1 is 1.54 bits per heavy atom. The molecule has 13 heavy (non-hydrogen) atoms. The summed E-state index contributed by atoms with van der Waals surface area (Å²) in [7, 11) is 5.56. The lowest BCUT2D eigenvalue weighted by Crippen LogP contribution is -1.83. The van der Waals surface area contributed by atoms with Crippen LogP contribution in [0.1, 0.15) is 0 Å². The maximum absolute atomic E-state index is 5.66. The summed E-state index contributed by atoms with van der Waals surface area (Å²) in [6.45, 7) is 0. The van der Waals surface area contributed by atoms with Crippen LogP contribution in [0.25, 0.3) is 10.9 Å². The third kappa shape index (κ3) is 1.32. The van der Waals surface area contributed by atoms with Gasteiger partial charge in [-0.3, -0.25) is 0 Å². The van der Waals surface area contributed by atoms with Gasteiger partial charge in [-0.05, 0) is 36.6 Å². The maximum atomic E-state index is 5.66. The van der Waals surface area contributed by atoms with E-state index < -0.39 is 0 Å². The maximum Gasteiger partial charge on any atom is 0.185 e. The Labute approximate surface area is 79.7 Å². The van der Waals surface area contributed by atoms with Crippen molar-refractivity contribution < 1.29 is 0 Å². The Kier molecular flexibility index (Phi) is 2.03. The van der Waals surface area contributed by atoms with Crippen molar-refractivity contribution in [3.8, 4) is 0 Å². The Morgan fingerprint density at radius 3 is 3.00 bits per heavy atom. The summed E-state index contributed by atoms with van der Waals surface area (Å²) in [5.41, 5.74) is 7.35. The van der Waals surface area contributed by atoms with E-state index in [1.54, 1.807) is 4.45 Å². The van der Waals surface area contributed by atoms with E-state index in [2.05, 4.69) is 28.3 Å². The van der Waals surface area contributed by atoms with Gasteiger partial charge in [0.15, 0.2) is 5.82 Å². The lowest BCUT2D eigenvalue weighted by Gasteiger charge is -1.94. The first-order valence-electron chi connectivity index (χ1n) is 3.63. The van der Waals surface area contributed by atoms with Crippen molar-refractivity contribution in [2.24, 2.45) is 4.74 Å². The molecule has 1 atom stereocenters. The average molecular weight is 210 g/mol. The summed E-state index contributed by atoms with van der Waals surface area (Å²) in [4.78, 5) is 0. The van der Waals surface area contributed by atoms with Gasteiger partial charge < -0.3 is 5.73 Å². The van der Waals surface area contributed by atoms with Crippen molar-refractivity contribution in [1.29, 1.82) is 0 Å². The first-order chi connectivity index (χ1) is 6.22. The molecule has 2 aromatic rings. The van der Waals surface area contributed by atoms with Crippen molar-refractivity contribution in [2.45, 2.75) is 0 Å². The fourth-order valence-electron chi connectivity index (χ4n) is 1.22. The summed E-state index contributed by atoms with van der Waals surface area (Å²) in [6.07, 6.45) is 0. The summed E-state index contributed by atoms with van der Waals surface area (Å²) in [5.74, 6) is 0.633. The molecule has 1 aromatic heterocycles.